The van der Waals surface area contributed by atoms with Crippen molar-refractivity contribution in [1.29, 1.82) is 0 Å². The summed E-state index contributed by atoms with van der Waals surface area (Å²) in [5, 5.41) is 0. The van der Waals surface area contributed by atoms with E-state index in [4.69, 9.17) is 4.74 Å². The molecule has 0 atom stereocenters. The van der Waals surface area contributed by atoms with Crippen LogP contribution in [0, 0.1) is 12.7 Å². The van der Waals surface area contributed by atoms with Crippen LogP contribution in [0.15, 0.2) is 29.1 Å². The van der Waals surface area contributed by atoms with E-state index in [1.165, 1.54) is 12.1 Å². The number of rotatable bonds is 3. The van der Waals surface area contributed by atoms with Crippen LogP contribution in [0.2, 0.25) is 0 Å². The van der Waals surface area contributed by atoms with Crippen molar-refractivity contribution < 1.29 is 9.13 Å². The Morgan fingerprint density at radius 1 is 1.39 bits per heavy atom. The lowest BCUT2D eigenvalue weighted by Crippen LogP contribution is -2.12. The second-order valence-corrected chi connectivity index (χ2v) is 3.83. The van der Waals surface area contributed by atoms with Gasteiger partial charge in [-0.25, -0.2) is 9.18 Å². The first-order chi connectivity index (χ1) is 8.60. The Hall–Kier alpha value is -2.17. The molecular formula is C13H13FN2O2. The van der Waals surface area contributed by atoms with Crippen LogP contribution < -0.4 is 10.4 Å². The summed E-state index contributed by atoms with van der Waals surface area (Å²) in [5.41, 5.74) is 1.22. The number of aryl methyl sites for hydroxylation is 1. The third-order valence-corrected chi connectivity index (χ3v) is 2.41. The van der Waals surface area contributed by atoms with Crippen molar-refractivity contribution >= 4 is 0 Å². The van der Waals surface area contributed by atoms with Gasteiger partial charge in [0.25, 0.3) is 0 Å². The zero-order chi connectivity index (χ0) is 13.1. The normalized spacial score (nSPS) is 10.4. The van der Waals surface area contributed by atoms with Gasteiger partial charge in [0.05, 0.1) is 12.3 Å². The van der Waals surface area contributed by atoms with Crippen molar-refractivity contribution in [3.63, 3.8) is 0 Å². The average molecular weight is 248 g/mol. The summed E-state index contributed by atoms with van der Waals surface area (Å²) in [6.45, 7) is 3.94. The highest BCUT2D eigenvalue weighted by Gasteiger charge is 2.07. The first kappa shape index (κ1) is 12.3. The molecule has 5 heteroatoms. The van der Waals surface area contributed by atoms with Crippen LogP contribution in [-0.2, 0) is 0 Å². The molecule has 94 valence electrons. The lowest BCUT2D eigenvalue weighted by molar-refractivity contribution is 0.321. The topological polar surface area (TPSA) is 55.0 Å². The fourth-order valence-electron chi connectivity index (χ4n) is 1.66. The lowest BCUT2D eigenvalue weighted by atomic mass is 10.1. The number of H-pyrrole nitrogens is 1. The van der Waals surface area contributed by atoms with Gasteiger partial charge < -0.3 is 9.72 Å². The largest absolute Gasteiger partial charge is 0.491 e. The third kappa shape index (κ3) is 2.56. The molecule has 2 aromatic rings. The molecular weight excluding hydrogens is 235 g/mol. The lowest BCUT2D eigenvalue weighted by Gasteiger charge is -2.06. The van der Waals surface area contributed by atoms with Gasteiger partial charge in [-0.2, -0.15) is 4.98 Å². The Bertz CT molecular complexity index is 623. The number of nitrogens with one attached hydrogen (secondary N) is 1. The maximum absolute atomic E-state index is 13.7. The Balaban J connectivity index is 2.45. The molecule has 1 aromatic carbocycles. The highest BCUT2D eigenvalue weighted by atomic mass is 19.1. The minimum atomic E-state index is -0.464. The van der Waals surface area contributed by atoms with Crippen LogP contribution in [0.3, 0.4) is 0 Å². The Labute approximate surface area is 103 Å². The summed E-state index contributed by atoms with van der Waals surface area (Å²) in [6.07, 6.45) is 0. The quantitative estimate of drug-likeness (QED) is 0.906. The van der Waals surface area contributed by atoms with Crippen LogP contribution in [0.1, 0.15) is 12.6 Å². The van der Waals surface area contributed by atoms with Crippen molar-refractivity contribution in [3.05, 3.63) is 46.3 Å². The van der Waals surface area contributed by atoms with Crippen molar-refractivity contribution in [3.8, 4) is 17.0 Å². The second kappa shape index (κ2) is 5.00. The minimum absolute atomic E-state index is 0.197. The van der Waals surface area contributed by atoms with E-state index in [9.17, 15) is 9.18 Å². The molecule has 1 heterocycles. The molecule has 0 amide bonds. The Kier molecular flexibility index (Phi) is 3.41. The Morgan fingerprint density at radius 3 is 2.78 bits per heavy atom. The summed E-state index contributed by atoms with van der Waals surface area (Å²) in [6, 6.07) is 6.21. The van der Waals surface area contributed by atoms with Crippen LogP contribution in [0.5, 0.6) is 5.75 Å². The summed E-state index contributed by atoms with van der Waals surface area (Å²) < 4.78 is 18.8. The number of aromatic nitrogens is 2. The van der Waals surface area contributed by atoms with Gasteiger partial charge in [0.1, 0.15) is 0 Å². The molecule has 1 N–H and O–H groups in total. The maximum atomic E-state index is 13.7. The molecule has 4 nitrogen and oxygen atoms in total. The van der Waals surface area contributed by atoms with E-state index < -0.39 is 11.5 Å². The summed E-state index contributed by atoms with van der Waals surface area (Å²) in [7, 11) is 0. The van der Waals surface area contributed by atoms with Crippen molar-refractivity contribution in [1.82, 2.24) is 9.97 Å². The predicted molar refractivity (Wildman–Crippen MR) is 66.2 cm³/mol. The fraction of sp³-hybridized carbons (Fsp3) is 0.231. The van der Waals surface area contributed by atoms with E-state index in [2.05, 4.69) is 9.97 Å². The van der Waals surface area contributed by atoms with Gasteiger partial charge in [-0.05, 0) is 38.1 Å². The molecule has 0 radical (unpaired) electrons. The number of hydrogen-bond acceptors (Lipinski definition) is 3. The average Bonchev–Trinajstić information content (AvgIpc) is 2.30. The first-order valence-corrected chi connectivity index (χ1v) is 5.61. The Morgan fingerprint density at radius 2 is 2.17 bits per heavy atom. The molecule has 0 saturated heterocycles. The minimum Gasteiger partial charge on any atom is -0.491 e. The van der Waals surface area contributed by atoms with Gasteiger partial charge in [-0.15, -0.1) is 0 Å². The summed E-state index contributed by atoms with van der Waals surface area (Å²) in [4.78, 5) is 17.6. The number of benzene rings is 1. The van der Waals surface area contributed by atoms with Crippen molar-refractivity contribution in [2.75, 3.05) is 6.61 Å². The van der Waals surface area contributed by atoms with E-state index in [1.54, 1.807) is 26.0 Å². The van der Waals surface area contributed by atoms with E-state index in [0.29, 0.717) is 23.6 Å². The zero-order valence-electron chi connectivity index (χ0n) is 10.2. The zero-order valence-corrected chi connectivity index (χ0v) is 10.2. The van der Waals surface area contributed by atoms with Crippen molar-refractivity contribution in [2.24, 2.45) is 0 Å². The SMILES string of the molecule is CCOc1ccc(-c2cc(C)[nH]c(=O)n2)cc1F. The van der Waals surface area contributed by atoms with Gasteiger partial charge in [0.15, 0.2) is 11.6 Å². The number of halogens is 1. The molecule has 0 aliphatic rings. The third-order valence-electron chi connectivity index (χ3n) is 2.41. The monoisotopic (exact) mass is 248 g/mol. The molecule has 1 aromatic heterocycles. The van der Waals surface area contributed by atoms with Gasteiger partial charge in [-0.1, -0.05) is 0 Å². The fourth-order valence-corrected chi connectivity index (χ4v) is 1.66. The van der Waals surface area contributed by atoms with Crippen LogP contribution >= 0.6 is 0 Å². The van der Waals surface area contributed by atoms with E-state index in [1.807, 2.05) is 0 Å². The van der Waals surface area contributed by atoms with Crippen LogP contribution in [-0.4, -0.2) is 16.6 Å². The highest BCUT2D eigenvalue weighted by molar-refractivity contribution is 5.60. The number of nitrogens with zero attached hydrogens (tertiary/aromatic N) is 1. The van der Waals surface area contributed by atoms with Gasteiger partial charge >= 0.3 is 5.69 Å². The second-order valence-electron chi connectivity index (χ2n) is 3.83. The summed E-state index contributed by atoms with van der Waals surface area (Å²) in [5.74, 6) is -0.267. The molecule has 0 bridgehead atoms. The van der Waals surface area contributed by atoms with E-state index >= 15 is 0 Å². The smallest absolute Gasteiger partial charge is 0.345 e. The van der Waals surface area contributed by atoms with Gasteiger partial charge in [-0.3, -0.25) is 0 Å². The molecule has 0 aliphatic carbocycles. The molecule has 0 fully saturated rings. The van der Waals surface area contributed by atoms with Gasteiger partial charge in [0, 0.05) is 11.3 Å². The standard InChI is InChI=1S/C13H13FN2O2/c1-3-18-12-5-4-9(7-10(12)14)11-6-8(2)15-13(17)16-11/h4-7H,3H2,1-2H3,(H,15,16,17). The number of hydrogen-bond donors (Lipinski definition) is 1. The predicted octanol–water partition coefficient (Wildman–Crippen LogP) is 2.28. The van der Waals surface area contributed by atoms with Crippen LogP contribution in [0.25, 0.3) is 11.3 Å². The molecule has 2 rings (SSSR count). The molecule has 0 unspecified atom stereocenters. The number of ether oxygens (including phenoxy) is 1. The number of aromatic amines is 1. The molecule has 18 heavy (non-hydrogen) atoms. The van der Waals surface area contributed by atoms with E-state index in [-0.39, 0.29) is 5.75 Å². The highest BCUT2D eigenvalue weighted by Crippen LogP contribution is 2.24. The van der Waals surface area contributed by atoms with E-state index in [0.717, 1.165) is 0 Å². The molecule has 0 spiro atoms. The van der Waals surface area contributed by atoms with Crippen LogP contribution in [0.4, 0.5) is 4.39 Å². The van der Waals surface area contributed by atoms with Crippen molar-refractivity contribution in [2.45, 2.75) is 13.8 Å². The molecule has 0 aliphatic heterocycles. The van der Waals surface area contributed by atoms with Gasteiger partial charge in [0.2, 0.25) is 0 Å². The first-order valence-electron chi connectivity index (χ1n) is 5.61. The molecule has 0 saturated carbocycles. The maximum Gasteiger partial charge on any atom is 0.345 e. The summed E-state index contributed by atoms with van der Waals surface area (Å²) >= 11 is 0.